The molecule has 96 valence electrons. The van der Waals surface area contributed by atoms with Crippen LogP contribution in [-0.4, -0.2) is 57.5 Å². The van der Waals surface area contributed by atoms with Crippen molar-refractivity contribution in [3.63, 3.8) is 0 Å². The highest BCUT2D eigenvalue weighted by Gasteiger charge is 1.95. The molecule has 0 unspecified atom stereocenters. The van der Waals surface area contributed by atoms with Gasteiger partial charge in [-0.3, -0.25) is 0 Å². The average molecular weight is 236 g/mol. The molecule has 0 saturated heterocycles. The summed E-state index contributed by atoms with van der Waals surface area (Å²) in [4.78, 5) is 9.94. The zero-order valence-electron chi connectivity index (χ0n) is 9.65. The van der Waals surface area contributed by atoms with Gasteiger partial charge in [0.1, 0.15) is 6.61 Å². The minimum atomic E-state index is -1.28. The fraction of sp³-hybridized carbons (Fsp3) is 0.900. The lowest BCUT2D eigenvalue weighted by Crippen LogP contribution is -2.13. The first-order valence-corrected chi connectivity index (χ1v) is 5.36. The van der Waals surface area contributed by atoms with Gasteiger partial charge >= 0.3 is 6.16 Å². The molecule has 0 aromatic heterocycles. The molecule has 6 heteroatoms. The van der Waals surface area contributed by atoms with Gasteiger partial charge in [-0.2, -0.15) is 0 Å². The van der Waals surface area contributed by atoms with Crippen molar-refractivity contribution in [1.29, 1.82) is 0 Å². The number of ether oxygens (including phenoxy) is 4. The van der Waals surface area contributed by atoms with E-state index in [1.54, 1.807) is 0 Å². The van der Waals surface area contributed by atoms with E-state index >= 15 is 0 Å². The smallest absolute Gasteiger partial charge is 0.450 e. The minimum Gasteiger partial charge on any atom is -0.450 e. The van der Waals surface area contributed by atoms with Crippen molar-refractivity contribution in [3.05, 3.63) is 0 Å². The first-order chi connectivity index (χ1) is 7.77. The molecule has 0 saturated carbocycles. The lowest BCUT2D eigenvalue weighted by molar-refractivity contribution is 0.00161. The highest BCUT2D eigenvalue weighted by atomic mass is 16.7. The number of hydrogen-bond donors (Lipinski definition) is 1. The lowest BCUT2D eigenvalue weighted by atomic mass is 10.5. The van der Waals surface area contributed by atoms with E-state index in [0.717, 1.165) is 13.0 Å². The molecule has 0 amide bonds. The number of hydrogen-bond acceptors (Lipinski definition) is 5. The highest BCUT2D eigenvalue weighted by Crippen LogP contribution is 1.84. The normalized spacial score (nSPS) is 10.3. The molecule has 16 heavy (non-hydrogen) atoms. The Bertz CT molecular complexity index is 161. The van der Waals surface area contributed by atoms with E-state index in [1.807, 2.05) is 6.92 Å². The molecule has 0 aliphatic carbocycles. The van der Waals surface area contributed by atoms with Gasteiger partial charge in [0.2, 0.25) is 0 Å². The van der Waals surface area contributed by atoms with Gasteiger partial charge in [0.25, 0.3) is 0 Å². The maximum absolute atomic E-state index is 9.94. The summed E-state index contributed by atoms with van der Waals surface area (Å²) in [5, 5.41) is 8.14. The molecule has 0 bridgehead atoms. The molecule has 0 radical (unpaired) electrons. The molecule has 0 heterocycles. The number of carboxylic acid groups (broad SMARTS) is 1. The van der Waals surface area contributed by atoms with Crippen molar-refractivity contribution >= 4 is 6.16 Å². The Balaban J connectivity index is 2.90. The molecule has 0 aliphatic heterocycles. The van der Waals surface area contributed by atoms with Gasteiger partial charge in [0, 0.05) is 6.61 Å². The summed E-state index contributed by atoms with van der Waals surface area (Å²) in [6.45, 7) is 5.15. The van der Waals surface area contributed by atoms with E-state index in [9.17, 15) is 4.79 Å². The Hall–Kier alpha value is -0.850. The average Bonchev–Trinajstić information content (AvgIpc) is 2.25. The zero-order valence-corrected chi connectivity index (χ0v) is 9.65. The van der Waals surface area contributed by atoms with Gasteiger partial charge in [0.05, 0.1) is 33.0 Å². The van der Waals surface area contributed by atoms with Crippen molar-refractivity contribution < 1.29 is 28.8 Å². The Morgan fingerprint density at radius 3 is 1.75 bits per heavy atom. The van der Waals surface area contributed by atoms with Crippen LogP contribution in [0.1, 0.15) is 13.3 Å². The SMILES string of the molecule is CCCOCCOCCOCCOC(=O)O. The largest absolute Gasteiger partial charge is 0.505 e. The van der Waals surface area contributed by atoms with Gasteiger partial charge in [-0.25, -0.2) is 4.79 Å². The second-order valence-corrected chi connectivity index (χ2v) is 2.95. The van der Waals surface area contributed by atoms with Crippen LogP contribution >= 0.6 is 0 Å². The topological polar surface area (TPSA) is 74.2 Å². The first-order valence-electron chi connectivity index (χ1n) is 5.36. The van der Waals surface area contributed by atoms with Crippen LogP contribution in [0.4, 0.5) is 4.79 Å². The Kier molecular flexibility index (Phi) is 11.6. The minimum absolute atomic E-state index is 0.0505. The third-order valence-corrected chi connectivity index (χ3v) is 1.55. The summed E-state index contributed by atoms with van der Waals surface area (Å²) in [6.07, 6.45) is -0.278. The maximum atomic E-state index is 9.94. The first kappa shape index (κ1) is 15.2. The van der Waals surface area contributed by atoms with Crippen LogP contribution in [-0.2, 0) is 18.9 Å². The van der Waals surface area contributed by atoms with Crippen LogP contribution in [0.5, 0.6) is 0 Å². The van der Waals surface area contributed by atoms with Crippen LogP contribution < -0.4 is 0 Å². The molecule has 0 aliphatic rings. The lowest BCUT2D eigenvalue weighted by Gasteiger charge is -2.06. The van der Waals surface area contributed by atoms with Crippen molar-refractivity contribution in [2.45, 2.75) is 13.3 Å². The standard InChI is InChI=1S/C10H20O6/c1-2-3-13-4-5-14-6-7-15-8-9-16-10(11)12/h2-9H2,1H3,(H,11,12). The molecule has 0 aromatic rings. The summed E-state index contributed by atoms with van der Waals surface area (Å²) in [6, 6.07) is 0. The molecule has 1 N–H and O–H groups in total. The summed E-state index contributed by atoms with van der Waals surface area (Å²) in [5.41, 5.74) is 0. The predicted octanol–water partition coefficient (Wildman–Crippen LogP) is 1.14. The van der Waals surface area contributed by atoms with Crippen LogP contribution in [0.25, 0.3) is 0 Å². The Morgan fingerprint density at radius 2 is 1.31 bits per heavy atom. The summed E-state index contributed by atoms with van der Waals surface area (Å²) < 4.78 is 19.7. The van der Waals surface area contributed by atoms with Gasteiger partial charge in [0.15, 0.2) is 0 Å². The number of rotatable bonds is 11. The summed E-state index contributed by atoms with van der Waals surface area (Å²) in [5.74, 6) is 0. The van der Waals surface area contributed by atoms with Crippen LogP contribution in [0.15, 0.2) is 0 Å². The Morgan fingerprint density at radius 1 is 0.875 bits per heavy atom. The molecule has 6 nitrogen and oxygen atoms in total. The molecule has 0 rings (SSSR count). The van der Waals surface area contributed by atoms with Crippen LogP contribution in [0.2, 0.25) is 0 Å². The highest BCUT2D eigenvalue weighted by molar-refractivity contribution is 5.56. The van der Waals surface area contributed by atoms with Crippen molar-refractivity contribution in [3.8, 4) is 0 Å². The molecular weight excluding hydrogens is 216 g/mol. The van der Waals surface area contributed by atoms with Crippen molar-refractivity contribution in [2.24, 2.45) is 0 Å². The van der Waals surface area contributed by atoms with E-state index in [2.05, 4.69) is 4.74 Å². The van der Waals surface area contributed by atoms with Gasteiger partial charge in [-0.1, -0.05) is 6.92 Å². The monoisotopic (exact) mass is 236 g/mol. The fourth-order valence-electron chi connectivity index (χ4n) is 0.874. The maximum Gasteiger partial charge on any atom is 0.505 e. The van der Waals surface area contributed by atoms with Gasteiger partial charge in [-0.15, -0.1) is 0 Å². The van der Waals surface area contributed by atoms with E-state index in [1.165, 1.54) is 0 Å². The van der Waals surface area contributed by atoms with Crippen LogP contribution in [0, 0.1) is 0 Å². The Labute approximate surface area is 95.4 Å². The third kappa shape index (κ3) is 13.2. The summed E-state index contributed by atoms with van der Waals surface area (Å²) in [7, 11) is 0. The molecular formula is C10H20O6. The molecule has 0 aromatic carbocycles. The predicted molar refractivity (Wildman–Crippen MR) is 56.7 cm³/mol. The molecule has 0 atom stereocenters. The van der Waals surface area contributed by atoms with Gasteiger partial charge < -0.3 is 24.1 Å². The van der Waals surface area contributed by atoms with Crippen LogP contribution in [0.3, 0.4) is 0 Å². The van der Waals surface area contributed by atoms with Gasteiger partial charge in [-0.05, 0) is 6.42 Å². The summed E-state index contributed by atoms with van der Waals surface area (Å²) >= 11 is 0. The van der Waals surface area contributed by atoms with Crippen molar-refractivity contribution in [2.75, 3.05) is 46.2 Å². The quantitative estimate of drug-likeness (QED) is 0.428. The van der Waals surface area contributed by atoms with E-state index < -0.39 is 6.16 Å². The second kappa shape index (κ2) is 12.2. The molecule has 0 fully saturated rings. The van der Waals surface area contributed by atoms with E-state index in [0.29, 0.717) is 26.4 Å². The molecule has 0 spiro atoms. The zero-order chi connectivity index (χ0) is 12.1. The number of carbonyl (C=O) groups is 1. The second-order valence-electron chi connectivity index (χ2n) is 2.95. The van der Waals surface area contributed by atoms with E-state index in [4.69, 9.17) is 19.3 Å². The third-order valence-electron chi connectivity index (χ3n) is 1.55. The fourth-order valence-corrected chi connectivity index (χ4v) is 0.874. The van der Waals surface area contributed by atoms with E-state index in [-0.39, 0.29) is 13.2 Å². The van der Waals surface area contributed by atoms with Crippen molar-refractivity contribution in [1.82, 2.24) is 0 Å².